The number of nitrogens with zero attached hydrogens (tertiary/aromatic N) is 2. The van der Waals surface area contributed by atoms with E-state index < -0.39 is 0 Å². The van der Waals surface area contributed by atoms with Crippen LogP contribution in [0.2, 0.25) is 0 Å². The van der Waals surface area contributed by atoms with Crippen LogP contribution in [0.25, 0.3) is 22.0 Å². The van der Waals surface area contributed by atoms with Gasteiger partial charge in [0.05, 0.1) is 5.69 Å². The molecule has 0 aliphatic rings. The summed E-state index contributed by atoms with van der Waals surface area (Å²) in [7, 11) is 0. The van der Waals surface area contributed by atoms with Gasteiger partial charge in [-0.05, 0) is 25.3 Å². The van der Waals surface area contributed by atoms with E-state index in [2.05, 4.69) is 27.1 Å². The van der Waals surface area contributed by atoms with Crippen molar-refractivity contribution in [3.8, 4) is 11.3 Å². The van der Waals surface area contributed by atoms with Crippen molar-refractivity contribution < 1.29 is 0 Å². The Labute approximate surface area is 116 Å². The Balaban J connectivity index is 2.40. The monoisotopic (exact) mass is 267 g/mol. The van der Waals surface area contributed by atoms with Crippen molar-refractivity contribution in [1.82, 2.24) is 15.0 Å². The molecule has 1 N–H and O–H groups in total. The van der Waals surface area contributed by atoms with Gasteiger partial charge in [0.2, 0.25) is 0 Å². The highest BCUT2D eigenvalue weighted by atomic mass is 32.1. The number of rotatable bonds is 1. The fourth-order valence-corrected chi connectivity index (χ4v) is 2.49. The van der Waals surface area contributed by atoms with Gasteiger partial charge in [-0.1, -0.05) is 30.4 Å². The lowest BCUT2D eigenvalue weighted by Crippen LogP contribution is -1.97. The molecule has 0 aliphatic heterocycles. The van der Waals surface area contributed by atoms with Crippen LogP contribution >= 0.6 is 12.2 Å². The normalized spacial score (nSPS) is 10.8. The number of aromatic amines is 1. The van der Waals surface area contributed by atoms with E-state index >= 15 is 0 Å². The predicted octanol–water partition coefficient (Wildman–Crippen LogP) is 3.97. The standard InChI is InChI=1S/C15H13N3S/c1-9-14(17-10(2)18-15(9)19)13-5-3-4-11-8-16-7-6-12(11)13/h3-8H,1-2H3,(H,17,18,19). The minimum atomic E-state index is 0.650. The van der Waals surface area contributed by atoms with Crippen LogP contribution in [-0.2, 0) is 0 Å². The van der Waals surface area contributed by atoms with Crippen molar-refractivity contribution in [3.05, 3.63) is 52.7 Å². The van der Waals surface area contributed by atoms with Crippen molar-refractivity contribution >= 4 is 23.0 Å². The Morgan fingerprint density at radius 2 is 2.00 bits per heavy atom. The summed E-state index contributed by atoms with van der Waals surface area (Å²) in [5.41, 5.74) is 3.17. The number of pyridine rings is 1. The first-order valence-corrected chi connectivity index (χ1v) is 6.48. The molecule has 19 heavy (non-hydrogen) atoms. The Morgan fingerprint density at radius 3 is 2.84 bits per heavy atom. The maximum atomic E-state index is 5.31. The number of nitrogens with one attached hydrogen (secondary N) is 1. The Hall–Kier alpha value is -2.07. The molecule has 94 valence electrons. The molecule has 0 aliphatic carbocycles. The molecule has 2 heterocycles. The number of benzene rings is 1. The third-order valence-corrected chi connectivity index (χ3v) is 3.62. The van der Waals surface area contributed by atoms with Crippen LogP contribution in [0, 0.1) is 18.5 Å². The second kappa shape index (κ2) is 4.55. The molecule has 0 unspecified atom stereocenters. The lowest BCUT2D eigenvalue weighted by molar-refractivity contribution is 1.02. The van der Waals surface area contributed by atoms with Crippen LogP contribution in [0.1, 0.15) is 11.4 Å². The van der Waals surface area contributed by atoms with Gasteiger partial charge in [0, 0.05) is 28.9 Å². The maximum absolute atomic E-state index is 5.31. The van der Waals surface area contributed by atoms with Crippen LogP contribution in [0.15, 0.2) is 36.7 Å². The van der Waals surface area contributed by atoms with E-state index in [1.54, 1.807) is 0 Å². The molecule has 1 aromatic carbocycles. The van der Waals surface area contributed by atoms with E-state index in [0.29, 0.717) is 4.64 Å². The molecule has 3 nitrogen and oxygen atoms in total. The molecule has 0 saturated carbocycles. The zero-order valence-electron chi connectivity index (χ0n) is 10.8. The van der Waals surface area contributed by atoms with Crippen LogP contribution in [0.3, 0.4) is 0 Å². The Kier molecular flexibility index (Phi) is 2.87. The molecule has 0 saturated heterocycles. The number of fused-ring (bicyclic) bond motifs is 1. The van der Waals surface area contributed by atoms with E-state index in [1.165, 1.54) is 0 Å². The zero-order valence-corrected chi connectivity index (χ0v) is 11.6. The first-order valence-electron chi connectivity index (χ1n) is 6.07. The first kappa shape index (κ1) is 12.0. The molecule has 0 atom stereocenters. The smallest absolute Gasteiger partial charge is 0.133 e. The third-order valence-electron chi connectivity index (χ3n) is 3.22. The summed E-state index contributed by atoms with van der Waals surface area (Å²) in [5.74, 6) is 0.830. The van der Waals surface area contributed by atoms with Gasteiger partial charge in [-0.2, -0.15) is 0 Å². The van der Waals surface area contributed by atoms with Gasteiger partial charge >= 0.3 is 0 Å². The van der Waals surface area contributed by atoms with E-state index in [0.717, 1.165) is 33.4 Å². The largest absolute Gasteiger partial charge is 0.343 e. The molecular weight excluding hydrogens is 254 g/mol. The Morgan fingerprint density at radius 1 is 1.16 bits per heavy atom. The van der Waals surface area contributed by atoms with E-state index in [-0.39, 0.29) is 0 Å². The van der Waals surface area contributed by atoms with E-state index in [9.17, 15) is 0 Å². The quantitative estimate of drug-likeness (QED) is 0.678. The average Bonchev–Trinajstić information content (AvgIpc) is 2.42. The van der Waals surface area contributed by atoms with Crippen molar-refractivity contribution in [3.63, 3.8) is 0 Å². The molecule has 0 spiro atoms. The summed E-state index contributed by atoms with van der Waals surface area (Å²) in [5, 5.41) is 2.28. The SMILES string of the molecule is Cc1nc(=S)c(C)c(-c2cccc3cnccc23)[nH]1. The second-order valence-electron chi connectivity index (χ2n) is 4.53. The summed E-state index contributed by atoms with van der Waals surface area (Å²) in [6, 6.07) is 8.21. The van der Waals surface area contributed by atoms with Crippen LogP contribution in [-0.4, -0.2) is 15.0 Å². The lowest BCUT2D eigenvalue weighted by Gasteiger charge is -2.10. The molecule has 0 radical (unpaired) electrons. The van der Waals surface area contributed by atoms with Crippen molar-refractivity contribution in [2.75, 3.05) is 0 Å². The first-order chi connectivity index (χ1) is 9.16. The van der Waals surface area contributed by atoms with Crippen molar-refractivity contribution in [1.29, 1.82) is 0 Å². The summed E-state index contributed by atoms with van der Waals surface area (Å²) in [6.45, 7) is 3.92. The fraction of sp³-hybridized carbons (Fsp3) is 0.133. The van der Waals surface area contributed by atoms with Gasteiger partial charge in [-0.15, -0.1) is 0 Å². The zero-order chi connectivity index (χ0) is 13.4. The van der Waals surface area contributed by atoms with E-state index in [1.807, 2.05) is 38.4 Å². The summed E-state index contributed by atoms with van der Waals surface area (Å²) in [4.78, 5) is 11.8. The number of H-pyrrole nitrogens is 1. The number of hydrogen-bond acceptors (Lipinski definition) is 3. The number of aromatic nitrogens is 3. The topological polar surface area (TPSA) is 41.6 Å². The highest BCUT2D eigenvalue weighted by molar-refractivity contribution is 7.71. The van der Waals surface area contributed by atoms with Gasteiger partial charge in [0.25, 0.3) is 0 Å². The summed E-state index contributed by atoms with van der Waals surface area (Å²) < 4.78 is 0.650. The molecule has 3 aromatic rings. The number of hydrogen-bond donors (Lipinski definition) is 1. The second-order valence-corrected chi connectivity index (χ2v) is 4.92. The third kappa shape index (κ3) is 2.04. The fourth-order valence-electron chi connectivity index (χ4n) is 2.26. The molecule has 3 rings (SSSR count). The Bertz CT molecular complexity index is 816. The lowest BCUT2D eigenvalue weighted by atomic mass is 10.0. The molecule has 0 fully saturated rings. The molecule has 2 aromatic heterocycles. The van der Waals surface area contributed by atoms with E-state index in [4.69, 9.17) is 12.2 Å². The van der Waals surface area contributed by atoms with Crippen LogP contribution in [0.5, 0.6) is 0 Å². The van der Waals surface area contributed by atoms with Crippen LogP contribution in [0.4, 0.5) is 0 Å². The molecule has 4 heteroatoms. The molecule has 0 amide bonds. The average molecular weight is 267 g/mol. The van der Waals surface area contributed by atoms with Gasteiger partial charge < -0.3 is 4.98 Å². The van der Waals surface area contributed by atoms with Crippen molar-refractivity contribution in [2.24, 2.45) is 0 Å². The maximum Gasteiger partial charge on any atom is 0.133 e. The van der Waals surface area contributed by atoms with Gasteiger partial charge in [-0.3, -0.25) is 4.98 Å². The highest BCUT2D eigenvalue weighted by Crippen LogP contribution is 2.29. The molecular formula is C15H13N3S. The summed E-state index contributed by atoms with van der Waals surface area (Å²) in [6.07, 6.45) is 3.68. The predicted molar refractivity (Wildman–Crippen MR) is 79.6 cm³/mol. The minimum absolute atomic E-state index is 0.650. The molecule has 0 bridgehead atoms. The van der Waals surface area contributed by atoms with Crippen LogP contribution < -0.4 is 0 Å². The number of aryl methyl sites for hydroxylation is 1. The van der Waals surface area contributed by atoms with Crippen molar-refractivity contribution in [2.45, 2.75) is 13.8 Å². The summed E-state index contributed by atoms with van der Waals surface area (Å²) >= 11 is 5.31. The van der Waals surface area contributed by atoms with Gasteiger partial charge in [0.1, 0.15) is 10.5 Å². The highest BCUT2D eigenvalue weighted by Gasteiger charge is 2.09. The minimum Gasteiger partial charge on any atom is -0.343 e. The van der Waals surface area contributed by atoms with Gasteiger partial charge in [-0.25, -0.2) is 4.98 Å². The van der Waals surface area contributed by atoms with Gasteiger partial charge in [0.15, 0.2) is 0 Å².